The molecule has 4 aromatic rings. The van der Waals surface area contributed by atoms with Gasteiger partial charge in [-0.05, 0) is 45.4 Å². The Morgan fingerprint density at radius 1 is 1.15 bits per heavy atom. The second-order valence-corrected chi connectivity index (χ2v) is 9.14. The number of fused-ring (bicyclic) bond motifs is 1. The van der Waals surface area contributed by atoms with Crippen molar-refractivity contribution in [1.29, 1.82) is 0 Å². The first-order valence-corrected chi connectivity index (χ1v) is 12.0. The summed E-state index contributed by atoms with van der Waals surface area (Å²) in [6.07, 6.45) is 0. The minimum absolute atomic E-state index is 0.277. The lowest BCUT2D eigenvalue weighted by molar-refractivity contribution is 0.0531. The number of hydrogen-bond acceptors (Lipinski definition) is 9. The van der Waals surface area contributed by atoms with E-state index < -0.39 is 5.97 Å². The van der Waals surface area contributed by atoms with Gasteiger partial charge < -0.3 is 4.74 Å². The standard InChI is InChI=1S/C22H22N6O3S2/c1-5-31-19(30)17-14(4)24-21(33-17)25-18(29)16-9-7-6-8-15(16)11-32-22-26-20-23-12(2)10-13(3)28(20)27-22/h6-10H,5,11H2,1-4H3,(H,24,25,29). The maximum atomic E-state index is 13.0. The van der Waals surface area contributed by atoms with Crippen molar-refractivity contribution in [3.8, 4) is 0 Å². The molecule has 1 amide bonds. The average molecular weight is 483 g/mol. The predicted molar refractivity (Wildman–Crippen MR) is 127 cm³/mol. The first-order valence-electron chi connectivity index (χ1n) is 10.2. The molecule has 1 aromatic carbocycles. The van der Waals surface area contributed by atoms with Gasteiger partial charge in [0.1, 0.15) is 4.88 Å². The number of hydrogen-bond donors (Lipinski definition) is 1. The molecule has 33 heavy (non-hydrogen) atoms. The van der Waals surface area contributed by atoms with Gasteiger partial charge in [-0.3, -0.25) is 10.1 Å². The van der Waals surface area contributed by atoms with Crippen molar-refractivity contribution in [2.45, 2.75) is 38.6 Å². The highest BCUT2D eigenvalue weighted by atomic mass is 32.2. The molecule has 0 radical (unpaired) electrons. The number of nitrogens with one attached hydrogen (secondary N) is 1. The lowest BCUT2D eigenvalue weighted by Gasteiger charge is -2.07. The van der Waals surface area contributed by atoms with E-state index in [-0.39, 0.29) is 12.5 Å². The predicted octanol–water partition coefficient (Wildman–Crippen LogP) is 4.23. The first-order chi connectivity index (χ1) is 15.9. The molecule has 0 saturated heterocycles. The van der Waals surface area contributed by atoms with Gasteiger partial charge in [0.25, 0.3) is 11.7 Å². The third-order valence-electron chi connectivity index (χ3n) is 4.70. The van der Waals surface area contributed by atoms with Crippen LogP contribution in [0.3, 0.4) is 0 Å². The molecule has 0 aliphatic carbocycles. The maximum absolute atomic E-state index is 13.0. The topological polar surface area (TPSA) is 111 Å². The Labute approximate surface area is 198 Å². The van der Waals surface area contributed by atoms with Crippen molar-refractivity contribution >= 4 is 45.9 Å². The summed E-state index contributed by atoms with van der Waals surface area (Å²) in [4.78, 5) is 38.6. The zero-order valence-corrected chi connectivity index (χ0v) is 20.2. The summed E-state index contributed by atoms with van der Waals surface area (Å²) in [7, 11) is 0. The number of thiazole rings is 1. The number of carbonyl (C=O) groups is 2. The number of aromatic nitrogens is 5. The van der Waals surface area contributed by atoms with E-state index in [1.807, 2.05) is 32.0 Å². The summed E-state index contributed by atoms with van der Waals surface area (Å²) < 4.78 is 6.75. The van der Waals surface area contributed by atoms with E-state index in [1.165, 1.54) is 11.8 Å². The van der Waals surface area contributed by atoms with Crippen LogP contribution in [0.25, 0.3) is 5.78 Å². The molecular formula is C22H22N6O3S2. The van der Waals surface area contributed by atoms with Crippen LogP contribution in [-0.2, 0) is 10.5 Å². The van der Waals surface area contributed by atoms with Gasteiger partial charge >= 0.3 is 5.97 Å². The van der Waals surface area contributed by atoms with Gasteiger partial charge in [-0.15, -0.1) is 5.10 Å². The number of aryl methyl sites for hydroxylation is 3. The van der Waals surface area contributed by atoms with E-state index in [0.717, 1.165) is 28.3 Å². The van der Waals surface area contributed by atoms with Crippen LogP contribution < -0.4 is 5.32 Å². The van der Waals surface area contributed by atoms with Crippen LogP contribution in [0.15, 0.2) is 35.5 Å². The lowest BCUT2D eigenvalue weighted by Crippen LogP contribution is -2.13. The summed E-state index contributed by atoms with van der Waals surface area (Å²) in [6.45, 7) is 7.61. The largest absolute Gasteiger partial charge is 0.462 e. The smallest absolute Gasteiger partial charge is 0.350 e. The molecule has 0 fully saturated rings. The molecule has 0 saturated carbocycles. The number of carbonyl (C=O) groups excluding carboxylic acids is 2. The Bertz CT molecular complexity index is 1350. The van der Waals surface area contributed by atoms with Crippen molar-refractivity contribution in [3.05, 3.63) is 63.4 Å². The van der Waals surface area contributed by atoms with Crippen molar-refractivity contribution in [1.82, 2.24) is 24.6 Å². The Morgan fingerprint density at radius 2 is 1.94 bits per heavy atom. The Hall–Kier alpha value is -3.31. The molecule has 3 aromatic heterocycles. The van der Waals surface area contributed by atoms with Gasteiger partial charge in [-0.1, -0.05) is 41.3 Å². The fraction of sp³-hybridized carbons (Fsp3) is 0.273. The summed E-state index contributed by atoms with van der Waals surface area (Å²) in [5, 5.41) is 8.24. The van der Waals surface area contributed by atoms with E-state index in [1.54, 1.807) is 30.5 Å². The Kier molecular flexibility index (Phi) is 6.70. The van der Waals surface area contributed by atoms with E-state index in [2.05, 4.69) is 25.4 Å². The number of amides is 1. The zero-order valence-electron chi connectivity index (χ0n) is 18.6. The molecule has 0 spiro atoms. The molecule has 0 aliphatic rings. The zero-order chi connectivity index (χ0) is 23.5. The van der Waals surface area contributed by atoms with Gasteiger partial charge in [-0.2, -0.15) is 4.98 Å². The van der Waals surface area contributed by atoms with Crippen LogP contribution >= 0.6 is 23.1 Å². The fourth-order valence-electron chi connectivity index (χ4n) is 3.22. The molecule has 170 valence electrons. The van der Waals surface area contributed by atoms with Crippen LogP contribution in [0.1, 0.15) is 49.6 Å². The molecule has 11 heteroatoms. The Balaban J connectivity index is 1.49. The number of thioether (sulfide) groups is 1. The minimum atomic E-state index is -0.440. The molecule has 1 N–H and O–H groups in total. The molecule has 9 nitrogen and oxygen atoms in total. The number of rotatable bonds is 7. The van der Waals surface area contributed by atoms with Crippen molar-refractivity contribution < 1.29 is 14.3 Å². The highest BCUT2D eigenvalue weighted by Gasteiger charge is 2.19. The molecule has 4 rings (SSSR count). The van der Waals surface area contributed by atoms with E-state index in [9.17, 15) is 9.59 Å². The number of benzene rings is 1. The molecule has 0 bridgehead atoms. The second-order valence-electron chi connectivity index (χ2n) is 7.20. The van der Waals surface area contributed by atoms with Crippen LogP contribution in [0.4, 0.5) is 5.13 Å². The highest BCUT2D eigenvalue weighted by molar-refractivity contribution is 7.98. The first kappa shape index (κ1) is 22.9. The van der Waals surface area contributed by atoms with Crippen LogP contribution in [-0.4, -0.2) is 43.0 Å². The molecule has 0 aliphatic heterocycles. The fourth-order valence-corrected chi connectivity index (χ4v) is 4.90. The summed E-state index contributed by atoms with van der Waals surface area (Å²) in [5.41, 5.74) is 3.71. The minimum Gasteiger partial charge on any atom is -0.462 e. The van der Waals surface area contributed by atoms with Crippen LogP contribution in [0.5, 0.6) is 0 Å². The monoisotopic (exact) mass is 482 g/mol. The van der Waals surface area contributed by atoms with Crippen molar-refractivity contribution in [2.75, 3.05) is 11.9 Å². The number of nitrogens with zero attached hydrogens (tertiary/aromatic N) is 5. The molecule has 3 heterocycles. The third kappa shape index (κ3) is 5.04. The highest BCUT2D eigenvalue weighted by Crippen LogP contribution is 2.26. The van der Waals surface area contributed by atoms with Gasteiger partial charge in [0.15, 0.2) is 5.13 Å². The number of anilines is 1. The average Bonchev–Trinajstić information content (AvgIpc) is 3.35. The van der Waals surface area contributed by atoms with Gasteiger partial charge in [0.05, 0.1) is 12.3 Å². The van der Waals surface area contributed by atoms with E-state index in [0.29, 0.717) is 38.0 Å². The van der Waals surface area contributed by atoms with Crippen molar-refractivity contribution in [2.24, 2.45) is 0 Å². The molecule has 0 atom stereocenters. The second kappa shape index (κ2) is 9.67. The van der Waals surface area contributed by atoms with Crippen LogP contribution in [0, 0.1) is 20.8 Å². The lowest BCUT2D eigenvalue weighted by atomic mass is 10.1. The summed E-state index contributed by atoms with van der Waals surface area (Å²) in [6, 6.07) is 9.28. The number of ether oxygens (including phenoxy) is 1. The molecular weight excluding hydrogens is 460 g/mol. The van der Waals surface area contributed by atoms with Gasteiger partial charge in [0.2, 0.25) is 5.16 Å². The maximum Gasteiger partial charge on any atom is 0.350 e. The third-order valence-corrected chi connectivity index (χ3v) is 6.63. The van der Waals surface area contributed by atoms with Crippen LogP contribution in [0.2, 0.25) is 0 Å². The molecule has 0 unspecified atom stereocenters. The quantitative estimate of drug-likeness (QED) is 0.308. The van der Waals surface area contributed by atoms with Gasteiger partial charge in [0, 0.05) is 22.7 Å². The SMILES string of the molecule is CCOC(=O)c1sc(NC(=O)c2ccccc2CSc2nc3nc(C)cc(C)n3n2)nc1C. The Morgan fingerprint density at radius 3 is 2.73 bits per heavy atom. The number of esters is 1. The van der Waals surface area contributed by atoms with Gasteiger partial charge in [-0.25, -0.2) is 19.3 Å². The normalized spacial score (nSPS) is 11.0. The summed E-state index contributed by atoms with van der Waals surface area (Å²) in [5.74, 6) is 0.317. The van der Waals surface area contributed by atoms with Crippen molar-refractivity contribution in [3.63, 3.8) is 0 Å². The summed E-state index contributed by atoms with van der Waals surface area (Å²) >= 11 is 2.53. The van der Waals surface area contributed by atoms with E-state index >= 15 is 0 Å². The van der Waals surface area contributed by atoms with E-state index in [4.69, 9.17) is 4.74 Å².